The summed E-state index contributed by atoms with van der Waals surface area (Å²) in [7, 11) is 0. The molecule has 0 aliphatic rings. The Labute approximate surface area is 145 Å². The minimum Gasteiger partial charge on any atom is -0.326 e. The molecule has 2 amide bonds. The van der Waals surface area contributed by atoms with Gasteiger partial charge >= 0.3 is 0 Å². The maximum absolute atomic E-state index is 12.4. The lowest BCUT2D eigenvalue weighted by Crippen LogP contribution is -2.13. The third-order valence-corrected chi connectivity index (χ3v) is 3.78. The van der Waals surface area contributed by atoms with E-state index >= 15 is 0 Å². The van der Waals surface area contributed by atoms with Gasteiger partial charge in [-0.15, -0.1) is 0 Å². The Morgan fingerprint density at radius 2 is 1.52 bits per heavy atom. The Morgan fingerprint density at radius 3 is 2.24 bits per heavy atom. The number of carbonyl (C=O) groups excluding carboxylic acids is 2. The molecule has 0 bridgehead atoms. The highest BCUT2D eigenvalue weighted by Gasteiger charge is 2.09. The molecule has 0 aliphatic carbocycles. The van der Waals surface area contributed by atoms with E-state index in [0.717, 1.165) is 22.4 Å². The van der Waals surface area contributed by atoms with Gasteiger partial charge < -0.3 is 10.6 Å². The van der Waals surface area contributed by atoms with Crippen molar-refractivity contribution in [2.75, 3.05) is 10.6 Å². The molecule has 25 heavy (non-hydrogen) atoms. The summed E-state index contributed by atoms with van der Waals surface area (Å²) >= 11 is 0. The SMILES string of the molecule is CC(=O)Nc1cccc(C(=O)Nc2ccc3nc(C)c(C)nc3c2)c1. The highest BCUT2D eigenvalue weighted by Crippen LogP contribution is 2.19. The molecule has 3 rings (SSSR count). The molecule has 3 aromatic rings. The van der Waals surface area contributed by atoms with Crippen LogP contribution in [0.3, 0.4) is 0 Å². The van der Waals surface area contributed by atoms with E-state index in [4.69, 9.17) is 0 Å². The van der Waals surface area contributed by atoms with Crippen molar-refractivity contribution in [2.45, 2.75) is 20.8 Å². The van der Waals surface area contributed by atoms with Crippen LogP contribution in [0, 0.1) is 13.8 Å². The lowest BCUT2D eigenvalue weighted by molar-refractivity contribution is -0.114. The van der Waals surface area contributed by atoms with Crippen LogP contribution in [0.15, 0.2) is 42.5 Å². The summed E-state index contributed by atoms with van der Waals surface area (Å²) in [6.45, 7) is 5.24. The van der Waals surface area contributed by atoms with E-state index in [1.165, 1.54) is 6.92 Å². The van der Waals surface area contributed by atoms with E-state index in [9.17, 15) is 9.59 Å². The van der Waals surface area contributed by atoms with Crippen LogP contribution in [-0.4, -0.2) is 21.8 Å². The third kappa shape index (κ3) is 3.80. The zero-order chi connectivity index (χ0) is 18.0. The van der Waals surface area contributed by atoms with Gasteiger partial charge in [0.05, 0.1) is 22.4 Å². The predicted molar refractivity (Wildman–Crippen MR) is 97.7 cm³/mol. The molecule has 0 radical (unpaired) electrons. The highest BCUT2D eigenvalue weighted by atomic mass is 16.2. The molecule has 0 unspecified atom stereocenters. The molecule has 0 saturated carbocycles. The van der Waals surface area contributed by atoms with Gasteiger partial charge in [0, 0.05) is 23.9 Å². The van der Waals surface area contributed by atoms with Crippen molar-refractivity contribution in [3.8, 4) is 0 Å². The number of fused-ring (bicyclic) bond motifs is 1. The second-order valence-corrected chi connectivity index (χ2v) is 5.81. The summed E-state index contributed by atoms with van der Waals surface area (Å²) in [5.74, 6) is -0.445. The predicted octanol–water partition coefficient (Wildman–Crippen LogP) is 3.46. The van der Waals surface area contributed by atoms with E-state index in [-0.39, 0.29) is 11.8 Å². The first-order chi connectivity index (χ1) is 11.9. The Balaban J connectivity index is 1.84. The number of anilines is 2. The van der Waals surface area contributed by atoms with Gasteiger partial charge in [-0.05, 0) is 50.2 Å². The Bertz CT molecular complexity index is 982. The highest BCUT2D eigenvalue weighted by molar-refractivity contribution is 6.05. The van der Waals surface area contributed by atoms with Gasteiger partial charge in [0.15, 0.2) is 0 Å². The normalized spacial score (nSPS) is 10.5. The van der Waals surface area contributed by atoms with Gasteiger partial charge in [0.25, 0.3) is 5.91 Å². The Hall–Kier alpha value is -3.28. The number of aryl methyl sites for hydroxylation is 2. The van der Waals surface area contributed by atoms with E-state index in [2.05, 4.69) is 20.6 Å². The number of carbonyl (C=O) groups is 2. The van der Waals surface area contributed by atoms with Crippen LogP contribution in [-0.2, 0) is 4.79 Å². The zero-order valence-electron chi connectivity index (χ0n) is 14.3. The van der Waals surface area contributed by atoms with Crippen molar-refractivity contribution >= 4 is 34.2 Å². The molecule has 126 valence electrons. The monoisotopic (exact) mass is 334 g/mol. The number of aromatic nitrogens is 2. The van der Waals surface area contributed by atoms with Gasteiger partial charge in [-0.25, -0.2) is 9.97 Å². The summed E-state index contributed by atoms with van der Waals surface area (Å²) in [5.41, 5.74) is 4.94. The quantitative estimate of drug-likeness (QED) is 0.768. The number of nitrogens with one attached hydrogen (secondary N) is 2. The average Bonchev–Trinajstić information content (AvgIpc) is 2.56. The van der Waals surface area contributed by atoms with Gasteiger partial charge in [0.2, 0.25) is 5.91 Å². The van der Waals surface area contributed by atoms with E-state index in [1.54, 1.807) is 36.4 Å². The average molecular weight is 334 g/mol. The zero-order valence-corrected chi connectivity index (χ0v) is 14.3. The van der Waals surface area contributed by atoms with Crippen LogP contribution in [0.2, 0.25) is 0 Å². The number of hydrogen-bond acceptors (Lipinski definition) is 4. The molecule has 6 nitrogen and oxygen atoms in total. The van der Waals surface area contributed by atoms with Crippen molar-refractivity contribution in [2.24, 2.45) is 0 Å². The van der Waals surface area contributed by atoms with Crippen LogP contribution in [0.25, 0.3) is 11.0 Å². The first kappa shape index (κ1) is 16.6. The summed E-state index contributed by atoms with van der Waals surface area (Å²) < 4.78 is 0. The number of rotatable bonds is 3. The van der Waals surface area contributed by atoms with Crippen LogP contribution < -0.4 is 10.6 Å². The van der Waals surface area contributed by atoms with Gasteiger partial charge in [-0.2, -0.15) is 0 Å². The fourth-order valence-corrected chi connectivity index (χ4v) is 2.45. The first-order valence-electron chi connectivity index (χ1n) is 7.86. The molecular formula is C19H18N4O2. The molecule has 0 saturated heterocycles. The minimum absolute atomic E-state index is 0.184. The van der Waals surface area contributed by atoms with Crippen LogP contribution in [0.4, 0.5) is 11.4 Å². The molecule has 0 fully saturated rings. The maximum Gasteiger partial charge on any atom is 0.255 e. The maximum atomic E-state index is 12.4. The molecule has 2 aromatic carbocycles. The van der Waals surface area contributed by atoms with Crippen LogP contribution >= 0.6 is 0 Å². The van der Waals surface area contributed by atoms with E-state index < -0.39 is 0 Å². The van der Waals surface area contributed by atoms with Crippen LogP contribution in [0.5, 0.6) is 0 Å². The molecule has 6 heteroatoms. The number of nitrogens with zero attached hydrogens (tertiary/aromatic N) is 2. The largest absolute Gasteiger partial charge is 0.326 e. The van der Waals surface area contributed by atoms with Crippen molar-refractivity contribution in [3.05, 3.63) is 59.4 Å². The lowest BCUT2D eigenvalue weighted by Gasteiger charge is -2.09. The number of benzene rings is 2. The summed E-state index contributed by atoms with van der Waals surface area (Å²) in [6.07, 6.45) is 0. The molecular weight excluding hydrogens is 316 g/mol. The summed E-state index contributed by atoms with van der Waals surface area (Å²) in [5, 5.41) is 5.51. The van der Waals surface area contributed by atoms with Crippen LogP contribution in [0.1, 0.15) is 28.7 Å². The van der Waals surface area contributed by atoms with Crippen molar-refractivity contribution in [3.63, 3.8) is 0 Å². The molecule has 0 spiro atoms. The fourth-order valence-electron chi connectivity index (χ4n) is 2.45. The molecule has 0 aliphatic heterocycles. The molecule has 2 N–H and O–H groups in total. The molecule has 0 atom stereocenters. The Morgan fingerprint density at radius 1 is 0.840 bits per heavy atom. The smallest absolute Gasteiger partial charge is 0.255 e. The van der Waals surface area contributed by atoms with E-state index in [0.29, 0.717) is 16.9 Å². The minimum atomic E-state index is -0.261. The lowest BCUT2D eigenvalue weighted by atomic mass is 10.1. The van der Waals surface area contributed by atoms with Crippen molar-refractivity contribution in [1.29, 1.82) is 0 Å². The standard InChI is InChI=1S/C19H18N4O2/c1-11-12(2)21-18-10-16(7-8-17(18)20-11)23-19(25)14-5-4-6-15(9-14)22-13(3)24/h4-10H,1-3H3,(H,22,24)(H,23,25). The number of hydrogen-bond donors (Lipinski definition) is 2. The molecule has 1 heterocycles. The van der Waals surface area contributed by atoms with Gasteiger partial charge in [0.1, 0.15) is 0 Å². The fraction of sp³-hybridized carbons (Fsp3) is 0.158. The van der Waals surface area contributed by atoms with Crippen molar-refractivity contribution < 1.29 is 9.59 Å². The summed E-state index contributed by atoms with van der Waals surface area (Å²) in [6, 6.07) is 12.2. The summed E-state index contributed by atoms with van der Waals surface area (Å²) in [4.78, 5) is 32.6. The third-order valence-electron chi connectivity index (χ3n) is 3.78. The topological polar surface area (TPSA) is 84.0 Å². The van der Waals surface area contributed by atoms with E-state index in [1.807, 2.05) is 19.9 Å². The number of amides is 2. The second-order valence-electron chi connectivity index (χ2n) is 5.81. The first-order valence-corrected chi connectivity index (χ1v) is 7.86. The van der Waals surface area contributed by atoms with Gasteiger partial charge in [-0.3, -0.25) is 9.59 Å². The Kier molecular flexibility index (Phi) is 4.43. The molecule has 1 aromatic heterocycles. The van der Waals surface area contributed by atoms with Crippen molar-refractivity contribution in [1.82, 2.24) is 9.97 Å². The van der Waals surface area contributed by atoms with Gasteiger partial charge in [-0.1, -0.05) is 6.07 Å². The second kappa shape index (κ2) is 6.68.